The number of rotatable bonds is 2. The van der Waals surface area contributed by atoms with E-state index in [1.165, 1.54) is 11.3 Å². The van der Waals surface area contributed by atoms with Crippen LogP contribution < -0.4 is 0 Å². The average Bonchev–Trinajstić information content (AvgIpc) is 3.27. The van der Waals surface area contributed by atoms with Crippen LogP contribution in [0.25, 0.3) is 10.7 Å². The Hall–Kier alpha value is -2.68. The third kappa shape index (κ3) is 3.46. The average molecular weight is 393 g/mol. The molecular weight excluding hydrogens is 379 g/mol. The Morgan fingerprint density at radius 2 is 2.00 bits per heavy atom. The molecule has 3 heterocycles. The van der Waals surface area contributed by atoms with Crippen LogP contribution in [0.3, 0.4) is 0 Å². The molecule has 0 spiro atoms. The molecule has 4 rings (SSSR count). The first-order chi connectivity index (χ1) is 12.8. The van der Waals surface area contributed by atoms with Gasteiger partial charge in [-0.3, -0.25) is 4.79 Å². The summed E-state index contributed by atoms with van der Waals surface area (Å²) in [6.45, 7) is 2.92. The van der Waals surface area contributed by atoms with Gasteiger partial charge in [0.1, 0.15) is 0 Å². The Balaban J connectivity index is 1.55. The number of hydrogen-bond acceptors (Lipinski definition) is 5. The summed E-state index contributed by atoms with van der Waals surface area (Å²) >= 11 is 1.28. The third-order valence-electron chi connectivity index (χ3n) is 4.36. The fourth-order valence-electron chi connectivity index (χ4n) is 2.92. The van der Waals surface area contributed by atoms with Gasteiger partial charge in [0.15, 0.2) is 0 Å². The van der Waals surface area contributed by atoms with Crippen molar-refractivity contribution in [2.24, 2.45) is 0 Å². The third-order valence-corrected chi connectivity index (χ3v) is 5.51. The first-order valence-corrected chi connectivity index (χ1v) is 9.02. The molecule has 0 unspecified atom stereocenters. The number of carbonyl (C=O) groups is 1. The predicted molar refractivity (Wildman–Crippen MR) is 92.2 cm³/mol. The van der Waals surface area contributed by atoms with E-state index in [9.17, 15) is 18.0 Å². The van der Waals surface area contributed by atoms with Gasteiger partial charge in [-0.2, -0.15) is 18.2 Å². The molecule has 5 nitrogen and oxygen atoms in total. The minimum absolute atomic E-state index is 0.0606. The van der Waals surface area contributed by atoms with Crippen molar-refractivity contribution in [1.29, 1.82) is 0 Å². The molecule has 27 heavy (non-hydrogen) atoms. The number of amides is 1. The number of hydrogen-bond donors (Lipinski definition) is 0. The lowest BCUT2D eigenvalue weighted by Gasteiger charge is -2.27. The molecule has 0 bridgehead atoms. The second kappa shape index (κ2) is 6.49. The fraction of sp³-hybridized carbons (Fsp3) is 0.278. The second-order valence-electron chi connectivity index (χ2n) is 6.32. The Morgan fingerprint density at radius 1 is 1.26 bits per heavy atom. The standard InChI is InChI=1S/C18H14F3N3O2S/c1-10-2-4-11(5-3-10)16(25)24-7-6-12-8-13(27-14(12)9-24)15-22-17(26-23-15)18(19,20)21/h2-5,8H,6-7,9H2,1H3. The molecule has 2 aromatic heterocycles. The SMILES string of the molecule is Cc1ccc(C(=O)N2CCc3cc(-c4noc(C(F)(F)F)n4)sc3C2)cc1. The first kappa shape index (κ1) is 17.7. The number of alkyl halides is 3. The lowest BCUT2D eigenvalue weighted by atomic mass is 10.1. The summed E-state index contributed by atoms with van der Waals surface area (Å²) in [5.41, 5.74) is 2.70. The summed E-state index contributed by atoms with van der Waals surface area (Å²) in [5, 5.41) is 3.43. The maximum atomic E-state index is 12.7. The maximum absolute atomic E-state index is 12.7. The molecule has 0 atom stereocenters. The van der Waals surface area contributed by atoms with Crippen LogP contribution in [0.5, 0.6) is 0 Å². The van der Waals surface area contributed by atoms with E-state index in [2.05, 4.69) is 14.7 Å². The van der Waals surface area contributed by atoms with E-state index in [1.54, 1.807) is 23.1 Å². The Kier molecular flexibility index (Phi) is 4.26. The zero-order valence-electron chi connectivity index (χ0n) is 14.2. The fourth-order valence-corrected chi connectivity index (χ4v) is 4.07. The Morgan fingerprint density at radius 3 is 2.67 bits per heavy atom. The highest BCUT2D eigenvalue weighted by Crippen LogP contribution is 2.35. The van der Waals surface area contributed by atoms with Crippen molar-refractivity contribution in [3.8, 4) is 10.7 Å². The van der Waals surface area contributed by atoms with Crippen molar-refractivity contribution in [2.45, 2.75) is 26.1 Å². The molecule has 1 aliphatic rings. The molecule has 1 aliphatic heterocycles. The van der Waals surface area contributed by atoms with E-state index in [1.807, 2.05) is 19.1 Å². The molecule has 0 N–H and O–H groups in total. The quantitative estimate of drug-likeness (QED) is 0.651. The van der Waals surface area contributed by atoms with Gasteiger partial charge in [0, 0.05) is 17.0 Å². The minimum atomic E-state index is -4.67. The van der Waals surface area contributed by atoms with Crippen molar-refractivity contribution in [3.05, 3.63) is 57.8 Å². The molecule has 0 saturated carbocycles. The Labute approximate surface area is 156 Å². The topological polar surface area (TPSA) is 59.2 Å². The highest BCUT2D eigenvalue weighted by atomic mass is 32.1. The number of aryl methyl sites for hydroxylation is 1. The number of aromatic nitrogens is 2. The van der Waals surface area contributed by atoms with E-state index in [-0.39, 0.29) is 11.7 Å². The van der Waals surface area contributed by atoms with Crippen LogP contribution in [0.15, 0.2) is 34.9 Å². The van der Waals surface area contributed by atoms with E-state index in [0.717, 1.165) is 16.0 Å². The van der Waals surface area contributed by atoms with Gasteiger partial charge in [-0.1, -0.05) is 22.9 Å². The predicted octanol–water partition coefficient (Wildman–Crippen LogP) is 4.32. The van der Waals surface area contributed by atoms with Crippen molar-refractivity contribution >= 4 is 17.2 Å². The molecule has 0 radical (unpaired) electrons. The van der Waals surface area contributed by atoms with Crippen molar-refractivity contribution in [3.63, 3.8) is 0 Å². The van der Waals surface area contributed by atoms with Gasteiger partial charge in [-0.15, -0.1) is 11.3 Å². The largest absolute Gasteiger partial charge is 0.471 e. The molecule has 9 heteroatoms. The second-order valence-corrected chi connectivity index (χ2v) is 7.46. The molecule has 0 fully saturated rings. The zero-order chi connectivity index (χ0) is 19.2. The van der Waals surface area contributed by atoms with Gasteiger partial charge in [-0.05, 0) is 37.1 Å². The number of halogens is 3. The van der Waals surface area contributed by atoms with E-state index in [4.69, 9.17) is 0 Å². The van der Waals surface area contributed by atoms with Crippen LogP contribution in [0.4, 0.5) is 13.2 Å². The normalized spacial score (nSPS) is 14.3. The summed E-state index contributed by atoms with van der Waals surface area (Å²) in [6.07, 6.45) is -4.03. The van der Waals surface area contributed by atoms with Gasteiger partial charge >= 0.3 is 12.1 Å². The van der Waals surface area contributed by atoms with Gasteiger partial charge in [0.05, 0.1) is 11.4 Å². The van der Waals surface area contributed by atoms with Gasteiger partial charge in [0.25, 0.3) is 5.91 Å². The zero-order valence-corrected chi connectivity index (χ0v) is 15.0. The molecule has 3 aromatic rings. The van der Waals surface area contributed by atoms with Crippen LogP contribution in [-0.4, -0.2) is 27.5 Å². The lowest BCUT2D eigenvalue weighted by molar-refractivity contribution is -0.159. The minimum Gasteiger partial charge on any atom is -0.333 e. The van der Waals surface area contributed by atoms with E-state index >= 15 is 0 Å². The van der Waals surface area contributed by atoms with Gasteiger partial charge < -0.3 is 9.42 Å². The summed E-state index contributed by atoms with van der Waals surface area (Å²) < 4.78 is 42.2. The number of benzene rings is 1. The van der Waals surface area contributed by atoms with Crippen LogP contribution in [-0.2, 0) is 19.1 Å². The molecule has 0 saturated heterocycles. The number of carbonyl (C=O) groups excluding carboxylic acids is 1. The molecule has 140 valence electrons. The van der Waals surface area contributed by atoms with E-state index in [0.29, 0.717) is 30.0 Å². The highest BCUT2D eigenvalue weighted by molar-refractivity contribution is 7.15. The summed E-state index contributed by atoms with van der Waals surface area (Å²) in [4.78, 5) is 19.3. The maximum Gasteiger partial charge on any atom is 0.471 e. The van der Waals surface area contributed by atoms with Crippen LogP contribution in [0.1, 0.15) is 32.3 Å². The van der Waals surface area contributed by atoms with Gasteiger partial charge in [-0.25, -0.2) is 0 Å². The summed E-state index contributed by atoms with van der Waals surface area (Å²) in [5.74, 6) is -1.51. The highest BCUT2D eigenvalue weighted by Gasteiger charge is 2.38. The number of fused-ring (bicyclic) bond motifs is 1. The molecule has 1 aromatic carbocycles. The van der Waals surface area contributed by atoms with E-state index < -0.39 is 12.1 Å². The van der Waals surface area contributed by atoms with Crippen LogP contribution >= 0.6 is 11.3 Å². The summed E-state index contributed by atoms with van der Waals surface area (Å²) in [7, 11) is 0. The van der Waals surface area contributed by atoms with Crippen molar-refractivity contribution < 1.29 is 22.5 Å². The van der Waals surface area contributed by atoms with Crippen molar-refractivity contribution in [1.82, 2.24) is 15.0 Å². The van der Waals surface area contributed by atoms with Crippen LogP contribution in [0.2, 0.25) is 0 Å². The first-order valence-electron chi connectivity index (χ1n) is 8.20. The lowest BCUT2D eigenvalue weighted by Crippen LogP contribution is -2.35. The van der Waals surface area contributed by atoms with Crippen LogP contribution in [0, 0.1) is 6.92 Å². The Bertz CT molecular complexity index is 992. The smallest absolute Gasteiger partial charge is 0.333 e. The summed E-state index contributed by atoms with van der Waals surface area (Å²) in [6, 6.07) is 9.15. The van der Waals surface area contributed by atoms with Gasteiger partial charge in [0.2, 0.25) is 5.82 Å². The molecule has 1 amide bonds. The number of nitrogens with zero attached hydrogens (tertiary/aromatic N) is 3. The number of thiophene rings is 1. The molecule has 0 aliphatic carbocycles. The molecular formula is C18H14F3N3O2S. The monoisotopic (exact) mass is 393 g/mol. The van der Waals surface area contributed by atoms with Crippen molar-refractivity contribution in [2.75, 3.05) is 6.54 Å².